The van der Waals surface area contributed by atoms with Gasteiger partial charge in [0, 0.05) is 0 Å². The van der Waals surface area contributed by atoms with Crippen molar-refractivity contribution in [3.8, 4) is 0 Å². The Hall–Kier alpha value is -0.570. The van der Waals surface area contributed by atoms with Crippen LogP contribution in [0.4, 0.5) is 0 Å². The molecule has 0 aliphatic heterocycles. The van der Waals surface area contributed by atoms with Crippen LogP contribution in [0.3, 0.4) is 0 Å². The van der Waals surface area contributed by atoms with Gasteiger partial charge in [0.25, 0.3) is 6.41 Å². The van der Waals surface area contributed by atoms with Gasteiger partial charge in [-0.05, 0) is 20.8 Å². The van der Waals surface area contributed by atoms with Gasteiger partial charge in [0.2, 0.25) is 0 Å². The Morgan fingerprint density at radius 1 is 1.50 bits per heavy atom. The first-order valence-corrected chi connectivity index (χ1v) is 2.38. The molecule has 0 aromatic rings. The van der Waals surface area contributed by atoms with E-state index in [2.05, 4.69) is 10.3 Å². The second-order valence-electron chi connectivity index (χ2n) is 2.41. The number of nitrogens with zero attached hydrogens (tertiary/aromatic N) is 1. The van der Waals surface area contributed by atoms with E-state index in [1.165, 1.54) is 0 Å². The van der Waals surface area contributed by atoms with Crippen molar-refractivity contribution in [2.75, 3.05) is 0 Å². The fourth-order valence-electron chi connectivity index (χ4n) is 0.180. The molecule has 0 aliphatic carbocycles. The number of carbonyl (C=O) groups excluding carboxylic acids is 1. The van der Waals surface area contributed by atoms with Gasteiger partial charge in [0.1, 0.15) is 0 Å². The van der Waals surface area contributed by atoms with Crippen LogP contribution in [-0.4, -0.2) is 12.0 Å². The summed E-state index contributed by atoms with van der Waals surface area (Å²) in [7, 11) is 0. The lowest BCUT2D eigenvalue weighted by molar-refractivity contribution is -0.134. The van der Waals surface area contributed by atoms with Crippen LogP contribution in [0.15, 0.2) is 0 Å². The third-order valence-electron chi connectivity index (χ3n) is 0.370. The monoisotopic (exact) mass is 116 g/mol. The van der Waals surface area contributed by atoms with E-state index in [0.717, 1.165) is 0 Å². The lowest BCUT2D eigenvalue weighted by Crippen LogP contribution is -2.23. The molecule has 47 valence electrons. The first-order valence-electron chi connectivity index (χ1n) is 2.38. The van der Waals surface area contributed by atoms with Crippen LogP contribution in [0.1, 0.15) is 20.8 Å². The Morgan fingerprint density at radius 2 is 2.00 bits per heavy atom. The van der Waals surface area contributed by atoms with Crippen LogP contribution in [0, 0.1) is 0 Å². The molecule has 1 amide bonds. The minimum absolute atomic E-state index is 0.346. The standard InChI is InChI=1S/C5H10NO2/c1-5(2,3)8-6-4-7/h4H,1-3H3. The molecule has 0 rings (SSSR count). The third kappa shape index (κ3) is 5.43. The van der Waals surface area contributed by atoms with Crippen LogP contribution in [0.2, 0.25) is 0 Å². The summed E-state index contributed by atoms with van der Waals surface area (Å²) in [6, 6.07) is 0. The summed E-state index contributed by atoms with van der Waals surface area (Å²) in [4.78, 5) is 14.2. The Morgan fingerprint density at radius 3 is 2.12 bits per heavy atom. The number of amides is 1. The quantitative estimate of drug-likeness (QED) is 0.389. The highest BCUT2D eigenvalue weighted by atomic mass is 16.7. The zero-order valence-electron chi connectivity index (χ0n) is 5.34. The molecule has 0 unspecified atom stereocenters. The fourth-order valence-corrected chi connectivity index (χ4v) is 0.180. The minimum atomic E-state index is -0.346. The van der Waals surface area contributed by atoms with E-state index in [9.17, 15) is 4.79 Å². The summed E-state index contributed by atoms with van der Waals surface area (Å²) >= 11 is 0. The molecule has 0 aromatic carbocycles. The Labute approximate surface area is 49.0 Å². The van der Waals surface area contributed by atoms with Gasteiger partial charge in [-0.15, -0.1) is 0 Å². The van der Waals surface area contributed by atoms with Gasteiger partial charge in [-0.25, -0.2) is 4.84 Å². The smallest absolute Gasteiger partial charge is 0.257 e. The molecule has 0 heterocycles. The van der Waals surface area contributed by atoms with Gasteiger partial charge >= 0.3 is 0 Å². The van der Waals surface area contributed by atoms with Gasteiger partial charge < -0.3 is 0 Å². The van der Waals surface area contributed by atoms with Gasteiger partial charge in [-0.3, -0.25) is 4.79 Å². The highest BCUT2D eigenvalue weighted by molar-refractivity contribution is 5.43. The number of hydrogen-bond donors (Lipinski definition) is 0. The lowest BCUT2D eigenvalue weighted by atomic mass is 10.2. The van der Waals surface area contributed by atoms with Gasteiger partial charge in [0.05, 0.1) is 5.60 Å². The highest BCUT2D eigenvalue weighted by Gasteiger charge is 2.09. The molecule has 0 saturated heterocycles. The van der Waals surface area contributed by atoms with E-state index in [-0.39, 0.29) is 5.60 Å². The molecular weight excluding hydrogens is 106 g/mol. The van der Waals surface area contributed by atoms with Crippen molar-refractivity contribution in [1.29, 1.82) is 0 Å². The average Bonchev–Trinajstić information content (AvgIpc) is 1.59. The first-order chi connectivity index (χ1) is 3.56. The van der Waals surface area contributed by atoms with E-state index in [0.29, 0.717) is 6.41 Å². The normalized spacial score (nSPS) is 10.9. The van der Waals surface area contributed by atoms with Crippen molar-refractivity contribution in [2.24, 2.45) is 0 Å². The molecule has 3 nitrogen and oxygen atoms in total. The molecule has 0 N–H and O–H groups in total. The Bertz CT molecular complexity index is 75.0. The topological polar surface area (TPSA) is 40.4 Å². The third-order valence-corrected chi connectivity index (χ3v) is 0.370. The summed E-state index contributed by atoms with van der Waals surface area (Å²) in [6.45, 7) is 5.46. The molecule has 0 aliphatic rings. The second kappa shape index (κ2) is 2.67. The summed E-state index contributed by atoms with van der Waals surface area (Å²) < 4.78 is 0. The van der Waals surface area contributed by atoms with Crippen molar-refractivity contribution in [2.45, 2.75) is 26.4 Å². The van der Waals surface area contributed by atoms with Crippen LogP contribution < -0.4 is 5.48 Å². The SMILES string of the molecule is CC(C)(C)O[N]C=O. The highest BCUT2D eigenvalue weighted by Crippen LogP contribution is 2.02. The van der Waals surface area contributed by atoms with E-state index >= 15 is 0 Å². The predicted molar refractivity (Wildman–Crippen MR) is 29.0 cm³/mol. The largest absolute Gasteiger partial charge is 0.274 e. The van der Waals surface area contributed by atoms with Crippen LogP contribution >= 0.6 is 0 Å². The molecule has 3 heteroatoms. The fraction of sp³-hybridized carbons (Fsp3) is 0.800. The summed E-state index contributed by atoms with van der Waals surface area (Å²) in [5.74, 6) is 0. The summed E-state index contributed by atoms with van der Waals surface area (Å²) in [6.07, 6.45) is 0.380. The van der Waals surface area contributed by atoms with Gasteiger partial charge in [-0.2, -0.15) is 0 Å². The second-order valence-corrected chi connectivity index (χ2v) is 2.41. The maximum Gasteiger partial charge on any atom is 0.257 e. The van der Waals surface area contributed by atoms with Crippen LogP contribution in [0.5, 0.6) is 0 Å². The molecule has 0 fully saturated rings. The van der Waals surface area contributed by atoms with Crippen molar-refractivity contribution in [3.05, 3.63) is 0 Å². The molecule has 8 heavy (non-hydrogen) atoms. The lowest BCUT2D eigenvalue weighted by Gasteiger charge is -2.13. The average molecular weight is 116 g/mol. The van der Waals surface area contributed by atoms with Crippen molar-refractivity contribution >= 4 is 6.41 Å². The van der Waals surface area contributed by atoms with Crippen molar-refractivity contribution < 1.29 is 9.63 Å². The number of hydroxylamine groups is 1. The van der Waals surface area contributed by atoms with E-state index < -0.39 is 0 Å². The molecular formula is C5H10NO2. The maximum atomic E-state index is 9.56. The zero-order valence-corrected chi connectivity index (χ0v) is 5.34. The maximum absolute atomic E-state index is 9.56. The molecule has 0 bridgehead atoms. The van der Waals surface area contributed by atoms with Gasteiger partial charge in [-0.1, -0.05) is 5.48 Å². The van der Waals surface area contributed by atoms with Crippen molar-refractivity contribution in [1.82, 2.24) is 5.48 Å². The molecule has 0 atom stereocenters. The van der Waals surface area contributed by atoms with E-state index in [4.69, 9.17) is 0 Å². The Kier molecular flexibility index (Phi) is 2.48. The molecule has 1 radical (unpaired) electrons. The van der Waals surface area contributed by atoms with Crippen molar-refractivity contribution in [3.63, 3.8) is 0 Å². The zero-order chi connectivity index (χ0) is 6.62. The van der Waals surface area contributed by atoms with Gasteiger partial charge in [0.15, 0.2) is 0 Å². The summed E-state index contributed by atoms with van der Waals surface area (Å²) in [5, 5.41) is 0. The molecule has 0 saturated carbocycles. The van der Waals surface area contributed by atoms with Crippen LogP contribution in [-0.2, 0) is 9.63 Å². The molecule has 0 spiro atoms. The minimum Gasteiger partial charge on any atom is -0.274 e. The predicted octanol–water partition coefficient (Wildman–Crippen LogP) is 0.477. The first kappa shape index (κ1) is 7.43. The summed E-state index contributed by atoms with van der Waals surface area (Å²) in [5.41, 5.74) is 2.72. The Balaban J connectivity index is 3.24. The number of hydrogen-bond acceptors (Lipinski definition) is 2. The van der Waals surface area contributed by atoms with E-state index in [1.807, 2.05) is 20.8 Å². The van der Waals surface area contributed by atoms with E-state index in [1.54, 1.807) is 0 Å². The number of rotatable bonds is 2. The molecule has 0 aromatic heterocycles. The van der Waals surface area contributed by atoms with Crippen LogP contribution in [0.25, 0.3) is 0 Å². The number of carbonyl (C=O) groups is 1.